The highest BCUT2D eigenvalue weighted by atomic mass is 35.5. The van der Waals surface area contributed by atoms with Crippen LogP contribution in [0, 0.1) is 18.8 Å². The van der Waals surface area contributed by atoms with Gasteiger partial charge in [0.25, 0.3) is 0 Å². The number of carbonyl (C=O) groups excluding carboxylic acids is 1. The molecule has 2 N–H and O–H groups in total. The average Bonchev–Trinajstić information content (AvgIpc) is 3.04. The maximum Gasteiger partial charge on any atom is 0.310 e. The van der Waals surface area contributed by atoms with Crippen LogP contribution in [0.25, 0.3) is 0 Å². The molecule has 1 amide bonds. The molecular weight excluding hydrogens is 294 g/mol. The molecule has 0 aromatic heterocycles. The van der Waals surface area contributed by atoms with Crippen LogP contribution in [0.1, 0.15) is 5.56 Å². The molecule has 2 bridgehead atoms. The van der Waals surface area contributed by atoms with E-state index in [0.29, 0.717) is 10.7 Å². The fraction of sp³-hybridized carbons (Fsp3) is 0.333. The molecule has 2 aliphatic rings. The molecule has 4 atom stereocenters. The molecule has 6 heteroatoms. The Morgan fingerprint density at radius 1 is 1.24 bits per heavy atom. The zero-order valence-corrected chi connectivity index (χ0v) is 12.0. The second-order valence-corrected chi connectivity index (χ2v) is 5.65. The number of hydrogen-bond donors (Lipinski definition) is 2. The van der Waals surface area contributed by atoms with E-state index in [9.17, 15) is 14.7 Å². The molecule has 1 aromatic carbocycles. The largest absolute Gasteiger partial charge is 0.481 e. The molecule has 21 heavy (non-hydrogen) atoms. The number of carboxylic acid groups (broad SMARTS) is 1. The molecule has 0 aliphatic carbocycles. The molecule has 1 fully saturated rings. The van der Waals surface area contributed by atoms with Gasteiger partial charge in [-0.1, -0.05) is 29.8 Å². The molecule has 110 valence electrons. The number of fused-ring (bicyclic) bond motifs is 2. The van der Waals surface area contributed by atoms with E-state index in [1.807, 2.05) is 0 Å². The fourth-order valence-corrected chi connectivity index (χ4v) is 3.05. The Hall–Kier alpha value is -1.85. The van der Waals surface area contributed by atoms with Gasteiger partial charge >= 0.3 is 5.97 Å². The third-order valence-electron chi connectivity index (χ3n) is 4.01. The molecule has 2 heterocycles. The summed E-state index contributed by atoms with van der Waals surface area (Å²) in [5.74, 6) is -2.95. The summed E-state index contributed by atoms with van der Waals surface area (Å²) >= 11 is 6.02. The highest BCUT2D eigenvalue weighted by Crippen LogP contribution is 2.40. The Labute approximate surface area is 126 Å². The van der Waals surface area contributed by atoms with Crippen molar-refractivity contribution in [3.8, 4) is 0 Å². The van der Waals surface area contributed by atoms with Crippen LogP contribution in [-0.4, -0.2) is 29.2 Å². The van der Waals surface area contributed by atoms with Crippen molar-refractivity contribution in [2.75, 3.05) is 5.32 Å². The molecule has 0 spiro atoms. The molecule has 2 aliphatic heterocycles. The topological polar surface area (TPSA) is 75.6 Å². The summed E-state index contributed by atoms with van der Waals surface area (Å²) in [5.41, 5.74) is 1.34. The van der Waals surface area contributed by atoms with Crippen molar-refractivity contribution in [2.24, 2.45) is 11.8 Å². The van der Waals surface area contributed by atoms with Crippen LogP contribution in [-0.2, 0) is 14.3 Å². The van der Waals surface area contributed by atoms with Crippen LogP contribution in [0.15, 0.2) is 30.4 Å². The summed E-state index contributed by atoms with van der Waals surface area (Å²) in [5, 5.41) is 12.6. The van der Waals surface area contributed by atoms with Crippen molar-refractivity contribution in [2.45, 2.75) is 19.1 Å². The third-order valence-corrected chi connectivity index (χ3v) is 4.42. The molecule has 1 aromatic rings. The minimum Gasteiger partial charge on any atom is -0.481 e. The van der Waals surface area contributed by atoms with E-state index in [4.69, 9.17) is 16.3 Å². The lowest BCUT2D eigenvalue weighted by atomic mass is 9.82. The first-order valence-electron chi connectivity index (χ1n) is 6.61. The summed E-state index contributed by atoms with van der Waals surface area (Å²) in [6, 6.07) is 5.20. The Kier molecular flexibility index (Phi) is 3.47. The van der Waals surface area contributed by atoms with Gasteiger partial charge in [-0.3, -0.25) is 9.59 Å². The van der Waals surface area contributed by atoms with E-state index >= 15 is 0 Å². The second kappa shape index (κ2) is 5.16. The molecule has 0 saturated carbocycles. The summed E-state index contributed by atoms with van der Waals surface area (Å²) in [4.78, 5) is 23.8. The average molecular weight is 308 g/mol. The van der Waals surface area contributed by atoms with Crippen LogP contribution >= 0.6 is 11.6 Å². The third kappa shape index (κ3) is 2.32. The predicted octanol–water partition coefficient (Wildman–Crippen LogP) is 2.24. The van der Waals surface area contributed by atoms with E-state index in [2.05, 4.69) is 5.32 Å². The first-order chi connectivity index (χ1) is 9.99. The number of hydrogen-bond acceptors (Lipinski definition) is 3. The van der Waals surface area contributed by atoms with Gasteiger partial charge in [-0.25, -0.2) is 0 Å². The molecule has 4 unspecified atom stereocenters. The number of amides is 1. The highest BCUT2D eigenvalue weighted by molar-refractivity contribution is 6.31. The monoisotopic (exact) mass is 307 g/mol. The lowest BCUT2D eigenvalue weighted by Gasteiger charge is -2.21. The fourth-order valence-electron chi connectivity index (χ4n) is 2.87. The lowest BCUT2D eigenvalue weighted by molar-refractivity contribution is -0.145. The normalized spacial score (nSPS) is 29.6. The number of benzene rings is 1. The Bertz CT molecular complexity index is 643. The van der Waals surface area contributed by atoms with E-state index in [0.717, 1.165) is 5.56 Å². The number of carbonyl (C=O) groups is 2. The minimum absolute atomic E-state index is 0.357. The predicted molar refractivity (Wildman–Crippen MR) is 77.2 cm³/mol. The molecule has 5 nitrogen and oxygen atoms in total. The standard InChI is InChI=1S/C15H14ClNO4/c1-7-8(16)3-2-4-9(7)17-14(18)12-10-5-6-11(21-10)13(12)15(19)20/h2-6,10-13H,1H3,(H,17,18)(H,19,20). The van der Waals surface area contributed by atoms with Crippen LogP contribution in [0.2, 0.25) is 5.02 Å². The van der Waals surface area contributed by atoms with Crippen LogP contribution in [0.3, 0.4) is 0 Å². The van der Waals surface area contributed by atoms with E-state index in [1.165, 1.54) is 0 Å². The number of halogens is 1. The van der Waals surface area contributed by atoms with Crippen molar-refractivity contribution >= 4 is 29.2 Å². The summed E-state index contributed by atoms with van der Waals surface area (Å²) in [6.45, 7) is 1.80. The Morgan fingerprint density at radius 3 is 2.57 bits per heavy atom. The van der Waals surface area contributed by atoms with Gasteiger partial charge in [-0.05, 0) is 24.6 Å². The van der Waals surface area contributed by atoms with Crippen molar-refractivity contribution < 1.29 is 19.4 Å². The SMILES string of the molecule is Cc1c(Cl)cccc1NC(=O)C1C2C=CC(O2)C1C(=O)O. The zero-order chi connectivity index (χ0) is 15.1. The summed E-state index contributed by atoms with van der Waals surface area (Å²) in [6.07, 6.45) is 2.45. The van der Waals surface area contributed by atoms with Crippen molar-refractivity contribution in [1.29, 1.82) is 0 Å². The van der Waals surface area contributed by atoms with Gasteiger partial charge in [0.2, 0.25) is 5.91 Å². The quantitative estimate of drug-likeness (QED) is 0.840. The minimum atomic E-state index is -1.02. The number of carboxylic acids is 1. The van der Waals surface area contributed by atoms with Gasteiger partial charge in [-0.15, -0.1) is 0 Å². The maximum absolute atomic E-state index is 12.5. The van der Waals surface area contributed by atoms with Crippen molar-refractivity contribution in [3.05, 3.63) is 40.9 Å². The van der Waals surface area contributed by atoms with Gasteiger partial charge in [0.15, 0.2) is 0 Å². The van der Waals surface area contributed by atoms with Crippen LogP contribution in [0.5, 0.6) is 0 Å². The number of aliphatic carboxylic acids is 1. The van der Waals surface area contributed by atoms with Gasteiger partial charge in [0, 0.05) is 10.7 Å². The van der Waals surface area contributed by atoms with Gasteiger partial charge in [0.1, 0.15) is 5.92 Å². The number of rotatable bonds is 3. The van der Waals surface area contributed by atoms with Crippen LogP contribution < -0.4 is 5.32 Å². The first-order valence-corrected chi connectivity index (χ1v) is 6.99. The van der Waals surface area contributed by atoms with Crippen LogP contribution in [0.4, 0.5) is 5.69 Å². The van der Waals surface area contributed by atoms with Crippen molar-refractivity contribution in [1.82, 2.24) is 0 Å². The zero-order valence-electron chi connectivity index (χ0n) is 11.2. The first kappa shape index (κ1) is 14.1. The van der Waals surface area contributed by atoms with Gasteiger partial charge < -0.3 is 15.2 Å². The summed E-state index contributed by atoms with van der Waals surface area (Å²) < 4.78 is 5.49. The molecular formula is C15H14ClNO4. The van der Waals surface area contributed by atoms with E-state index in [1.54, 1.807) is 37.3 Å². The Morgan fingerprint density at radius 2 is 1.90 bits per heavy atom. The van der Waals surface area contributed by atoms with Gasteiger partial charge in [0.05, 0.1) is 18.1 Å². The second-order valence-electron chi connectivity index (χ2n) is 5.24. The van der Waals surface area contributed by atoms with E-state index in [-0.39, 0.29) is 5.91 Å². The maximum atomic E-state index is 12.5. The number of anilines is 1. The Balaban J connectivity index is 1.84. The smallest absolute Gasteiger partial charge is 0.310 e. The molecule has 3 rings (SSSR count). The number of ether oxygens (including phenoxy) is 1. The lowest BCUT2D eigenvalue weighted by Crippen LogP contribution is -2.39. The highest BCUT2D eigenvalue weighted by Gasteiger charge is 2.53. The molecule has 1 saturated heterocycles. The van der Waals surface area contributed by atoms with Gasteiger partial charge in [-0.2, -0.15) is 0 Å². The summed E-state index contributed by atoms with van der Waals surface area (Å²) in [7, 11) is 0. The molecule has 0 radical (unpaired) electrons. The van der Waals surface area contributed by atoms with E-state index < -0.39 is 30.0 Å². The number of nitrogens with one attached hydrogen (secondary N) is 1. The van der Waals surface area contributed by atoms with Crippen molar-refractivity contribution in [3.63, 3.8) is 0 Å².